The molecule has 0 fully saturated rings. The van der Waals surface area contributed by atoms with Gasteiger partial charge in [-0.1, -0.05) is 47.1 Å². The van der Waals surface area contributed by atoms with Crippen LogP contribution in [0.2, 0.25) is 5.02 Å². The highest BCUT2D eigenvalue weighted by Crippen LogP contribution is 2.23. The van der Waals surface area contributed by atoms with E-state index in [1.54, 1.807) is 7.11 Å². The fourth-order valence-electron chi connectivity index (χ4n) is 2.59. The summed E-state index contributed by atoms with van der Waals surface area (Å²) in [6.07, 6.45) is 0. The van der Waals surface area contributed by atoms with Crippen molar-refractivity contribution in [2.45, 2.75) is 13.1 Å². The Balaban J connectivity index is 1.67. The first kappa shape index (κ1) is 16.6. The van der Waals surface area contributed by atoms with Crippen LogP contribution in [0.15, 0.2) is 59.1 Å². The third-order valence-corrected chi connectivity index (χ3v) is 4.01. The zero-order chi connectivity index (χ0) is 16.9. The monoisotopic (exact) mass is 342 g/mol. The lowest BCUT2D eigenvalue weighted by Gasteiger charge is -2.16. The van der Waals surface area contributed by atoms with Crippen LogP contribution in [-0.4, -0.2) is 24.2 Å². The maximum absolute atomic E-state index is 5.91. The van der Waals surface area contributed by atoms with Gasteiger partial charge in [-0.3, -0.25) is 4.90 Å². The minimum atomic E-state index is 0.665. The van der Waals surface area contributed by atoms with E-state index in [1.807, 2.05) is 55.6 Å². The van der Waals surface area contributed by atoms with Gasteiger partial charge in [0.15, 0.2) is 5.76 Å². The molecule has 0 amide bonds. The number of para-hydroxylation sites is 1. The number of ether oxygens (including phenoxy) is 1. The van der Waals surface area contributed by atoms with Gasteiger partial charge in [-0.25, -0.2) is 0 Å². The summed E-state index contributed by atoms with van der Waals surface area (Å²) in [7, 11) is 3.73. The summed E-state index contributed by atoms with van der Waals surface area (Å²) in [6, 6.07) is 17.5. The number of benzene rings is 2. The molecule has 24 heavy (non-hydrogen) atoms. The number of aromatic nitrogens is 1. The summed E-state index contributed by atoms with van der Waals surface area (Å²) in [5.41, 5.74) is 2.94. The average molecular weight is 343 g/mol. The van der Waals surface area contributed by atoms with Crippen LogP contribution >= 0.6 is 11.6 Å². The molecule has 0 aliphatic rings. The first-order chi connectivity index (χ1) is 11.7. The first-order valence-corrected chi connectivity index (χ1v) is 8.05. The first-order valence-electron chi connectivity index (χ1n) is 7.67. The lowest BCUT2D eigenvalue weighted by molar-refractivity contribution is 0.263. The molecule has 4 nitrogen and oxygen atoms in total. The second-order valence-corrected chi connectivity index (χ2v) is 6.11. The van der Waals surface area contributed by atoms with Crippen molar-refractivity contribution in [3.8, 4) is 17.0 Å². The minimum Gasteiger partial charge on any atom is -0.496 e. The number of nitrogens with zero attached hydrogens (tertiary/aromatic N) is 2. The van der Waals surface area contributed by atoms with Gasteiger partial charge in [-0.05, 0) is 25.2 Å². The molecular weight excluding hydrogens is 324 g/mol. The molecular formula is C19H19ClN2O2. The van der Waals surface area contributed by atoms with Crippen molar-refractivity contribution in [2.75, 3.05) is 14.2 Å². The SMILES string of the molecule is COc1ccccc1CN(C)Cc1cc(-c2ccc(Cl)cc2)no1. The van der Waals surface area contributed by atoms with Gasteiger partial charge in [0.2, 0.25) is 0 Å². The molecule has 124 valence electrons. The average Bonchev–Trinajstić information content (AvgIpc) is 3.04. The zero-order valence-electron chi connectivity index (χ0n) is 13.7. The number of methoxy groups -OCH3 is 1. The largest absolute Gasteiger partial charge is 0.496 e. The second-order valence-electron chi connectivity index (χ2n) is 5.67. The molecule has 3 aromatic rings. The van der Waals surface area contributed by atoms with Crippen molar-refractivity contribution in [3.63, 3.8) is 0 Å². The molecule has 0 spiro atoms. The smallest absolute Gasteiger partial charge is 0.151 e. The molecule has 0 radical (unpaired) electrons. The van der Waals surface area contributed by atoms with E-state index in [2.05, 4.69) is 16.1 Å². The van der Waals surface area contributed by atoms with Crippen molar-refractivity contribution in [2.24, 2.45) is 0 Å². The Morgan fingerprint density at radius 3 is 2.58 bits per heavy atom. The summed E-state index contributed by atoms with van der Waals surface area (Å²) in [4.78, 5) is 2.16. The van der Waals surface area contributed by atoms with Crippen molar-refractivity contribution < 1.29 is 9.26 Å². The number of rotatable bonds is 6. The fourth-order valence-corrected chi connectivity index (χ4v) is 2.72. The highest BCUT2D eigenvalue weighted by molar-refractivity contribution is 6.30. The quantitative estimate of drug-likeness (QED) is 0.654. The molecule has 0 N–H and O–H groups in total. The Labute approximate surface area is 146 Å². The summed E-state index contributed by atoms with van der Waals surface area (Å²) >= 11 is 5.91. The summed E-state index contributed by atoms with van der Waals surface area (Å²) in [5, 5.41) is 4.85. The molecule has 1 aromatic heterocycles. The Bertz CT molecular complexity index is 799. The van der Waals surface area contributed by atoms with Gasteiger partial charge in [0.25, 0.3) is 0 Å². The third kappa shape index (κ3) is 3.96. The standard InChI is InChI=1S/C19H19ClN2O2/c1-22(12-15-5-3-4-6-19(15)23-2)13-17-11-18(21-24-17)14-7-9-16(20)10-8-14/h3-11H,12-13H2,1-2H3. The molecule has 2 aromatic carbocycles. The molecule has 5 heteroatoms. The van der Waals surface area contributed by atoms with Gasteiger partial charge in [0.05, 0.1) is 13.7 Å². The maximum atomic E-state index is 5.91. The maximum Gasteiger partial charge on any atom is 0.151 e. The molecule has 0 aliphatic heterocycles. The van der Waals surface area contributed by atoms with Gasteiger partial charge in [-0.2, -0.15) is 0 Å². The number of hydrogen-bond acceptors (Lipinski definition) is 4. The van der Waals surface area contributed by atoms with Crippen LogP contribution in [0, 0.1) is 0 Å². The van der Waals surface area contributed by atoms with Crippen LogP contribution < -0.4 is 4.74 Å². The molecule has 1 heterocycles. The Hall–Kier alpha value is -2.30. The molecule has 0 saturated heterocycles. The van der Waals surface area contributed by atoms with Gasteiger partial charge in [-0.15, -0.1) is 0 Å². The fraction of sp³-hybridized carbons (Fsp3) is 0.211. The number of hydrogen-bond donors (Lipinski definition) is 0. The third-order valence-electron chi connectivity index (χ3n) is 3.76. The van der Waals surface area contributed by atoms with E-state index in [9.17, 15) is 0 Å². The van der Waals surface area contributed by atoms with E-state index in [1.165, 1.54) is 0 Å². The highest BCUT2D eigenvalue weighted by atomic mass is 35.5. The van der Waals surface area contributed by atoms with E-state index in [4.69, 9.17) is 20.9 Å². The van der Waals surface area contributed by atoms with Crippen molar-refractivity contribution >= 4 is 11.6 Å². The van der Waals surface area contributed by atoms with Crippen LogP contribution in [-0.2, 0) is 13.1 Å². The lowest BCUT2D eigenvalue weighted by Crippen LogP contribution is -2.17. The van der Waals surface area contributed by atoms with Gasteiger partial charge >= 0.3 is 0 Å². The predicted octanol–water partition coefficient (Wildman–Crippen LogP) is 4.64. The van der Waals surface area contributed by atoms with Crippen LogP contribution in [0.3, 0.4) is 0 Å². The van der Waals surface area contributed by atoms with Crippen LogP contribution in [0.25, 0.3) is 11.3 Å². The number of halogens is 1. The van der Waals surface area contributed by atoms with Crippen molar-refractivity contribution in [3.05, 3.63) is 70.9 Å². The van der Waals surface area contributed by atoms with Gasteiger partial charge < -0.3 is 9.26 Å². The molecule has 0 atom stereocenters. The Morgan fingerprint density at radius 2 is 1.83 bits per heavy atom. The summed E-state index contributed by atoms with van der Waals surface area (Å²) < 4.78 is 10.9. The van der Waals surface area contributed by atoms with Gasteiger partial charge in [0.1, 0.15) is 11.4 Å². The van der Waals surface area contributed by atoms with Gasteiger partial charge in [0, 0.05) is 28.8 Å². The predicted molar refractivity (Wildman–Crippen MR) is 95.1 cm³/mol. The molecule has 0 unspecified atom stereocenters. The van der Waals surface area contributed by atoms with Crippen molar-refractivity contribution in [1.29, 1.82) is 0 Å². The molecule has 0 saturated carbocycles. The van der Waals surface area contributed by atoms with E-state index in [0.29, 0.717) is 11.6 Å². The van der Waals surface area contributed by atoms with Crippen LogP contribution in [0.4, 0.5) is 0 Å². The topological polar surface area (TPSA) is 38.5 Å². The Morgan fingerprint density at radius 1 is 1.08 bits per heavy atom. The van der Waals surface area contributed by atoms with Crippen LogP contribution in [0.1, 0.15) is 11.3 Å². The Kier molecular flexibility index (Phi) is 5.18. The van der Waals surface area contributed by atoms with Crippen molar-refractivity contribution in [1.82, 2.24) is 10.1 Å². The van der Waals surface area contributed by atoms with Crippen LogP contribution in [0.5, 0.6) is 5.75 Å². The normalized spacial score (nSPS) is 11.0. The van der Waals surface area contributed by atoms with E-state index in [0.717, 1.165) is 34.9 Å². The van der Waals surface area contributed by atoms with E-state index < -0.39 is 0 Å². The molecule has 0 bridgehead atoms. The van der Waals surface area contributed by atoms with E-state index in [-0.39, 0.29) is 0 Å². The lowest BCUT2D eigenvalue weighted by atomic mass is 10.1. The molecule has 3 rings (SSSR count). The second kappa shape index (κ2) is 7.51. The molecule has 0 aliphatic carbocycles. The van der Waals surface area contributed by atoms with E-state index >= 15 is 0 Å². The summed E-state index contributed by atoms with van der Waals surface area (Å²) in [6.45, 7) is 1.43. The highest BCUT2D eigenvalue weighted by Gasteiger charge is 2.11. The minimum absolute atomic E-state index is 0.665. The zero-order valence-corrected chi connectivity index (χ0v) is 14.5. The summed E-state index contributed by atoms with van der Waals surface area (Å²) in [5.74, 6) is 1.71.